The number of carbonyl (C=O) groups is 1. The number of nitro benzene ring substituents is 1. The van der Waals surface area contributed by atoms with E-state index in [1.54, 1.807) is 0 Å². The smallest absolute Gasteiger partial charge is 0.313 e. The maximum absolute atomic E-state index is 12.5. The van der Waals surface area contributed by atoms with Crippen molar-refractivity contribution in [3.05, 3.63) is 32.8 Å². The van der Waals surface area contributed by atoms with Crippen LogP contribution in [0.25, 0.3) is 0 Å². The fourth-order valence-electron chi connectivity index (χ4n) is 2.41. The minimum absolute atomic E-state index is 0.0185. The van der Waals surface area contributed by atoms with E-state index in [1.807, 2.05) is 0 Å². The lowest BCUT2D eigenvalue weighted by Gasteiger charge is -2.22. The van der Waals surface area contributed by atoms with Crippen molar-refractivity contribution in [3.8, 4) is 5.75 Å². The number of nitro groups is 1. The summed E-state index contributed by atoms with van der Waals surface area (Å²) in [5.74, 6) is -0.384. The lowest BCUT2D eigenvalue weighted by atomic mass is 9.90. The molecule has 0 bridgehead atoms. The number of methoxy groups -OCH3 is 1. The molecule has 7 heteroatoms. The van der Waals surface area contributed by atoms with Crippen LogP contribution in [0.4, 0.5) is 5.69 Å². The van der Waals surface area contributed by atoms with Crippen LogP contribution in [0.1, 0.15) is 23.2 Å². The molecule has 1 atom stereocenters. The van der Waals surface area contributed by atoms with Gasteiger partial charge < -0.3 is 10.1 Å². The summed E-state index contributed by atoms with van der Waals surface area (Å²) in [7, 11) is 1.31. The molecule has 0 radical (unpaired) electrons. The maximum atomic E-state index is 12.5. The summed E-state index contributed by atoms with van der Waals surface area (Å²) in [5, 5.41) is 14.3. The number of halogens is 1. The fraction of sp³-hybridized carbons (Fsp3) is 0.462. The number of ether oxygens (including phenoxy) is 1. The first-order valence-corrected chi connectivity index (χ1v) is 6.69. The summed E-state index contributed by atoms with van der Waals surface area (Å²) in [5.41, 5.74) is -0.104. The Balaban J connectivity index is 2.43. The number of nitrogens with one attached hydrogen (secondary N) is 1. The molecule has 0 aromatic heterocycles. The Hall–Kier alpha value is -1.66. The van der Waals surface area contributed by atoms with Crippen molar-refractivity contribution in [2.24, 2.45) is 5.92 Å². The van der Waals surface area contributed by atoms with Gasteiger partial charge >= 0.3 is 5.69 Å². The summed E-state index contributed by atoms with van der Waals surface area (Å²) in [6.45, 7) is 1.46. The number of Topliss-reactive ketones (excluding diaryl/α,β-unsaturated/α-hetero) is 1. The molecule has 1 N–H and O–H groups in total. The van der Waals surface area contributed by atoms with Crippen LogP contribution in [-0.4, -0.2) is 30.9 Å². The maximum Gasteiger partial charge on any atom is 0.313 e. The summed E-state index contributed by atoms with van der Waals surface area (Å²) in [4.78, 5) is 22.9. The number of hydrogen-bond acceptors (Lipinski definition) is 5. The van der Waals surface area contributed by atoms with Gasteiger partial charge in [0.25, 0.3) is 0 Å². The first-order valence-electron chi connectivity index (χ1n) is 6.31. The van der Waals surface area contributed by atoms with E-state index < -0.39 is 4.92 Å². The van der Waals surface area contributed by atoms with Crippen molar-refractivity contribution >= 4 is 23.1 Å². The molecular weight excluding hydrogens is 284 g/mol. The summed E-state index contributed by atoms with van der Waals surface area (Å²) in [6.07, 6.45) is 1.66. The van der Waals surface area contributed by atoms with Crippen molar-refractivity contribution in [2.75, 3.05) is 20.2 Å². The molecule has 1 aliphatic rings. The molecule has 1 aliphatic heterocycles. The number of rotatable bonds is 4. The molecule has 20 heavy (non-hydrogen) atoms. The van der Waals surface area contributed by atoms with Gasteiger partial charge in [0.05, 0.1) is 17.6 Å². The molecule has 0 spiro atoms. The number of carbonyl (C=O) groups excluding carboxylic acids is 1. The second-order valence-electron chi connectivity index (χ2n) is 4.67. The Bertz CT molecular complexity index is 541. The molecule has 0 saturated carbocycles. The SMILES string of the molecule is COc1c(C(=O)C2CCCNC2)cc(Cl)cc1[N+](=O)[O-]. The number of nitrogens with zero attached hydrogens (tertiary/aromatic N) is 1. The third-order valence-corrected chi connectivity index (χ3v) is 3.59. The zero-order chi connectivity index (χ0) is 14.7. The Morgan fingerprint density at radius 1 is 1.55 bits per heavy atom. The van der Waals surface area contributed by atoms with Crippen LogP contribution in [0.3, 0.4) is 0 Å². The first kappa shape index (κ1) is 14.7. The lowest BCUT2D eigenvalue weighted by Crippen LogP contribution is -2.34. The van der Waals surface area contributed by atoms with E-state index in [-0.39, 0.29) is 33.7 Å². The van der Waals surface area contributed by atoms with Crippen LogP contribution in [0.5, 0.6) is 5.75 Å². The van der Waals surface area contributed by atoms with E-state index in [2.05, 4.69) is 5.32 Å². The predicted molar refractivity (Wildman–Crippen MR) is 74.6 cm³/mol. The third-order valence-electron chi connectivity index (χ3n) is 3.37. The van der Waals surface area contributed by atoms with Gasteiger partial charge in [-0.1, -0.05) is 11.6 Å². The van der Waals surface area contributed by atoms with Crippen molar-refractivity contribution < 1.29 is 14.5 Å². The molecule has 1 heterocycles. The molecule has 0 amide bonds. The van der Waals surface area contributed by atoms with Gasteiger partial charge in [-0.05, 0) is 25.5 Å². The Morgan fingerprint density at radius 3 is 2.85 bits per heavy atom. The van der Waals surface area contributed by atoms with E-state index in [4.69, 9.17) is 16.3 Å². The van der Waals surface area contributed by atoms with Crippen molar-refractivity contribution in [2.45, 2.75) is 12.8 Å². The molecule has 6 nitrogen and oxygen atoms in total. The number of ketones is 1. The predicted octanol–water partition coefficient (Wildman–Crippen LogP) is 2.44. The minimum atomic E-state index is -0.597. The van der Waals surface area contributed by atoms with Gasteiger partial charge in [0.2, 0.25) is 5.75 Å². The molecule has 1 aromatic carbocycles. The van der Waals surface area contributed by atoms with Gasteiger partial charge in [-0.15, -0.1) is 0 Å². The van der Waals surface area contributed by atoms with Gasteiger partial charge in [-0.2, -0.15) is 0 Å². The van der Waals surface area contributed by atoms with E-state index in [1.165, 1.54) is 19.2 Å². The van der Waals surface area contributed by atoms with E-state index >= 15 is 0 Å². The van der Waals surface area contributed by atoms with Gasteiger partial charge in [-0.3, -0.25) is 14.9 Å². The Labute approximate surface area is 121 Å². The normalized spacial score (nSPS) is 18.6. The van der Waals surface area contributed by atoms with Gasteiger partial charge in [0.1, 0.15) is 0 Å². The average Bonchev–Trinajstić information content (AvgIpc) is 2.46. The highest BCUT2D eigenvalue weighted by molar-refractivity contribution is 6.31. The number of benzene rings is 1. The quantitative estimate of drug-likeness (QED) is 0.524. The second kappa shape index (κ2) is 6.19. The minimum Gasteiger partial charge on any atom is -0.490 e. The highest BCUT2D eigenvalue weighted by Gasteiger charge is 2.29. The zero-order valence-electron chi connectivity index (χ0n) is 11.0. The topological polar surface area (TPSA) is 81.5 Å². The molecule has 1 aromatic rings. The van der Waals surface area contributed by atoms with Crippen LogP contribution in [-0.2, 0) is 0 Å². The standard InChI is InChI=1S/C13H15ClN2O4/c1-20-13-10(5-9(14)6-11(13)16(18)19)12(17)8-3-2-4-15-7-8/h5-6,8,15H,2-4,7H2,1H3. The Morgan fingerprint density at radius 2 is 2.30 bits per heavy atom. The third kappa shape index (κ3) is 2.91. The molecule has 1 saturated heterocycles. The molecule has 0 aliphatic carbocycles. The van der Waals surface area contributed by atoms with Crippen LogP contribution in [0.15, 0.2) is 12.1 Å². The summed E-state index contributed by atoms with van der Waals surface area (Å²) >= 11 is 5.88. The van der Waals surface area contributed by atoms with Crippen LogP contribution in [0.2, 0.25) is 5.02 Å². The summed E-state index contributed by atoms with van der Waals surface area (Å²) < 4.78 is 5.06. The van der Waals surface area contributed by atoms with Crippen LogP contribution in [0, 0.1) is 16.0 Å². The lowest BCUT2D eigenvalue weighted by molar-refractivity contribution is -0.385. The molecule has 1 fully saturated rings. The first-order chi connectivity index (χ1) is 9.54. The number of piperidine rings is 1. The van der Waals surface area contributed by atoms with Gasteiger partial charge in [0, 0.05) is 23.6 Å². The molecule has 108 valence electrons. The van der Waals surface area contributed by atoms with Crippen molar-refractivity contribution in [3.63, 3.8) is 0 Å². The largest absolute Gasteiger partial charge is 0.490 e. The van der Waals surface area contributed by atoms with Crippen LogP contribution >= 0.6 is 11.6 Å². The zero-order valence-corrected chi connectivity index (χ0v) is 11.8. The molecular formula is C13H15ClN2O4. The summed E-state index contributed by atoms with van der Waals surface area (Å²) in [6, 6.07) is 2.63. The molecule has 2 rings (SSSR count). The average molecular weight is 299 g/mol. The van der Waals surface area contributed by atoms with E-state index in [0.717, 1.165) is 19.4 Å². The highest BCUT2D eigenvalue weighted by atomic mass is 35.5. The second-order valence-corrected chi connectivity index (χ2v) is 5.11. The molecule has 1 unspecified atom stereocenters. The number of hydrogen-bond donors (Lipinski definition) is 1. The van der Waals surface area contributed by atoms with E-state index in [9.17, 15) is 14.9 Å². The monoisotopic (exact) mass is 298 g/mol. The van der Waals surface area contributed by atoms with Gasteiger partial charge in [0.15, 0.2) is 5.78 Å². The van der Waals surface area contributed by atoms with Crippen molar-refractivity contribution in [1.82, 2.24) is 5.32 Å². The highest BCUT2D eigenvalue weighted by Crippen LogP contribution is 2.36. The van der Waals surface area contributed by atoms with E-state index in [0.29, 0.717) is 6.54 Å². The van der Waals surface area contributed by atoms with Crippen molar-refractivity contribution in [1.29, 1.82) is 0 Å². The Kier molecular flexibility index (Phi) is 4.57. The van der Waals surface area contributed by atoms with Crippen LogP contribution < -0.4 is 10.1 Å². The fourth-order valence-corrected chi connectivity index (χ4v) is 2.62. The van der Waals surface area contributed by atoms with Gasteiger partial charge in [-0.25, -0.2) is 0 Å².